The molecule has 40 heavy (non-hydrogen) atoms. The number of thioether (sulfide) groups is 1. The maximum Gasteiger partial charge on any atom is 0.408 e. The first-order chi connectivity index (χ1) is 19.2. The topological polar surface area (TPSA) is 87.7 Å². The Hall–Kier alpha value is -3.10. The van der Waals surface area contributed by atoms with E-state index in [0.717, 1.165) is 24.3 Å². The van der Waals surface area contributed by atoms with E-state index in [1.165, 1.54) is 10.5 Å². The number of ketones is 1. The molecule has 2 N–H and O–H groups in total. The van der Waals surface area contributed by atoms with Crippen molar-refractivity contribution in [2.24, 2.45) is 11.8 Å². The van der Waals surface area contributed by atoms with Gasteiger partial charge in [0.1, 0.15) is 12.6 Å². The van der Waals surface area contributed by atoms with E-state index < -0.39 is 24.1 Å². The summed E-state index contributed by atoms with van der Waals surface area (Å²) in [6, 6.07) is 16.1. The van der Waals surface area contributed by atoms with E-state index in [4.69, 9.17) is 4.74 Å². The summed E-state index contributed by atoms with van der Waals surface area (Å²) in [4.78, 5) is 43.0. The zero-order chi connectivity index (χ0) is 28.9. The molecule has 1 heterocycles. The Balaban J connectivity index is 1.67. The van der Waals surface area contributed by atoms with Crippen molar-refractivity contribution in [2.75, 3.05) is 18.8 Å². The molecule has 2 aromatic rings. The summed E-state index contributed by atoms with van der Waals surface area (Å²) < 4.78 is 5.35. The molecule has 3 rings (SSSR count). The van der Waals surface area contributed by atoms with Gasteiger partial charge in [0, 0.05) is 23.7 Å². The number of Topliss-reactive ketones (excluding diaryl/α,β-unsaturated/α-hetero) is 1. The summed E-state index contributed by atoms with van der Waals surface area (Å²) in [6.45, 7) is 10.0. The van der Waals surface area contributed by atoms with Crippen LogP contribution in [-0.4, -0.2) is 53.6 Å². The Morgan fingerprint density at radius 2 is 1.68 bits per heavy atom. The van der Waals surface area contributed by atoms with Gasteiger partial charge in [0.2, 0.25) is 5.91 Å². The molecule has 216 valence electrons. The Labute approximate surface area is 243 Å². The van der Waals surface area contributed by atoms with Crippen LogP contribution in [0.25, 0.3) is 0 Å². The lowest BCUT2D eigenvalue weighted by atomic mass is 9.99. The molecule has 0 saturated heterocycles. The number of fused-ring (bicyclic) bond motifs is 1. The van der Waals surface area contributed by atoms with Crippen molar-refractivity contribution in [3.8, 4) is 0 Å². The van der Waals surface area contributed by atoms with Crippen LogP contribution in [0.4, 0.5) is 4.79 Å². The van der Waals surface area contributed by atoms with Gasteiger partial charge in [-0.15, -0.1) is 11.8 Å². The van der Waals surface area contributed by atoms with Gasteiger partial charge in [-0.05, 0) is 41.9 Å². The first kappa shape index (κ1) is 31.4. The van der Waals surface area contributed by atoms with Crippen LogP contribution in [0, 0.1) is 11.8 Å². The van der Waals surface area contributed by atoms with Crippen molar-refractivity contribution in [1.29, 1.82) is 0 Å². The molecule has 1 aliphatic heterocycles. The smallest absolute Gasteiger partial charge is 0.408 e. The number of ether oxygens (including phenoxy) is 1. The fraction of sp³-hybridized carbons (Fsp3) is 0.469. The largest absolute Gasteiger partial charge is 0.445 e. The van der Waals surface area contributed by atoms with Crippen LogP contribution in [0.1, 0.15) is 51.7 Å². The minimum absolute atomic E-state index is 0.0170. The highest BCUT2D eigenvalue weighted by Gasteiger charge is 2.28. The third-order valence-corrected chi connectivity index (χ3v) is 7.70. The van der Waals surface area contributed by atoms with Crippen LogP contribution in [0.3, 0.4) is 0 Å². The first-order valence-corrected chi connectivity index (χ1v) is 15.1. The standard InChI is InChI=1S/C32H43N3O4S/c1-23(2)14-16-27(29(36)21-35-18-19-40-30-13-9-8-12-26(30)20-35)33-31(37)28(17-15-24(3)4)34-32(38)39-22-25-10-6-5-7-11-25/h5-13,15,17,23-24,27-28H,14,16,18-22H2,1-4H3,(H,33,37)(H,34,38)/b17-15+/t27-,28?/m0/s1. The molecule has 0 spiro atoms. The molecule has 2 amide bonds. The fourth-order valence-corrected chi connectivity index (χ4v) is 5.41. The molecular weight excluding hydrogens is 522 g/mol. The highest BCUT2D eigenvalue weighted by Crippen LogP contribution is 2.27. The molecule has 1 unspecified atom stereocenters. The molecule has 0 aliphatic carbocycles. The molecule has 0 radical (unpaired) electrons. The number of amides is 2. The molecular formula is C32H43N3O4S. The van der Waals surface area contributed by atoms with E-state index in [-0.39, 0.29) is 24.9 Å². The van der Waals surface area contributed by atoms with Crippen LogP contribution >= 0.6 is 11.8 Å². The molecule has 0 aromatic heterocycles. The zero-order valence-electron chi connectivity index (χ0n) is 24.1. The van der Waals surface area contributed by atoms with Crippen LogP contribution in [-0.2, 0) is 27.5 Å². The summed E-state index contributed by atoms with van der Waals surface area (Å²) >= 11 is 1.81. The second kappa shape index (κ2) is 16.2. The number of alkyl carbamates (subject to hydrolysis) is 1. The van der Waals surface area contributed by atoms with Gasteiger partial charge in [0.15, 0.2) is 5.78 Å². The third kappa shape index (κ3) is 10.8. The summed E-state index contributed by atoms with van der Waals surface area (Å²) in [5.41, 5.74) is 2.07. The van der Waals surface area contributed by atoms with Crippen molar-refractivity contribution in [3.05, 3.63) is 77.9 Å². The van der Waals surface area contributed by atoms with E-state index in [1.807, 2.05) is 74.1 Å². The van der Waals surface area contributed by atoms with E-state index in [9.17, 15) is 14.4 Å². The molecule has 2 aromatic carbocycles. The van der Waals surface area contributed by atoms with E-state index in [0.29, 0.717) is 18.9 Å². The number of carbonyl (C=O) groups is 3. The van der Waals surface area contributed by atoms with Crippen molar-refractivity contribution in [3.63, 3.8) is 0 Å². The first-order valence-electron chi connectivity index (χ1n) is 14.1. The summed E-state index contributed by atoms with van der Waals surface area (Å²) in [6.07, 6.45) is 4.17. The van der Waals surface area contributed by atoms with Gasteiger partial charge < -0.3 is 15.4 Å². The van der Waals surface area contributed by atoms with Gasteiger partial charge in [-0.2, -0.15) is 0 Å². The van der Waals surface area contributed by atoms with Crippen LogP contribution in [0.5, 0.6) is 0 Å². The predicted octanol–water partition coefficient (Wildman–Crippen LogP) is 5.59. The molecule has 8 heteroatoms. The Morgan fingerprint density at radius 1 is 0.950 bits per heavy atom. The van der Waals surface area contributed by atoms with Crippen molar-refractivity contribution in [2.45, 2.75) is 70.7 Å². The van der Waals surface area contributed by atoms with Crippen molar-refractivity contribution in [1.82, 2.24) is 15.5 Å². The SMILES string of the molecule is CC(C)/C=C/C(NC(=O)OCc1ccccc1)C(=O)N[C@@H](CCC(C)C)C(=O)CN1CCSc2ccccc2C1. The van der Waals surface area contributed by atoms with Gasteiger partial charge in [0.05, 0.1) is 12.6 Å². The number of nitrogens with zero attached hydrogens (tertiary/aromatic N) is 1. The molecule has 2 atom stereocenters. The third-order valence-electron chi connectivity index (χ3n) is 6.61. The second-order valence-electron chi connectivity index (χ2n) is 11.0. The minimum atomic E-state index is -0.957. The Bertz CT molecular complexity index is 1140. The maximum atomic E-state index is 13.6. The average molecular weight is 566 g/mol. The van der Waals surface area contributed by atoms with Crippen molar-refractivity contribution >= 4 is 29.5 Å². The molecule has 1 aliphatic rings. The van der Waals surface area contributed by atoms with Gasteiger partial charge in [-0.3, -0.25) is 14.5 Å². The maximum absolute atomic E-state index is 13.6. The van der Waals surface area contributed by atoms with E-state index in [1.54, 1.807) is 6.08 Å². The van der Waals surface area contributed by atoms with Gasteiger partial charge >= 0.3 is 6.09 Å². The monoisotopic (exact) mass is 565 g/mol. The zero-order valence-corrected chi connectivity index (χ0v) is 24.9. The Kier molecular flexibility index (Phi) is 12.8. The highest BCUT2D eigenvalue weighted by molar-refractivity contribution is 7.99. The highest BCUT2D eigenvalue weighted by atomic mass is 32.2. The van der Waals surface area contributed by atoms with Crippen molar-refractivity contribution < 1.29 is 19.1 Å². The number of hydrogen-bond acceptors (Lipinski definition) is 6. The average Bonchev–Trinajstić information content (AvgIpc) is 3.14. The van der Waals surface area contributed by atoms with Gasteiger partial charge in [0.25, 0.3) is 0 Å². The van der Waals surface area contributed by atoms with Crippen LogP contribution in [0.2, 0.25) is 0 Å². The number of nitrogens with one attached hydrogen (secondary N) is 2. The summed E-state index contributed by atoms with van der Waals surface area (Å²) in [7, 11) is 0. The normalized spacial score (nSPS) is 15.3. The van der Waals surface area contributed by atoms with Crippen LogP contribution < -0.4 is 10.6 Å². The molecule has 0 saturated carbocycles. The lowest BCUT2D eigenvalue weighted by molar-refractivity contribution is -0.129. The number of hydrogen-bond donors (Lipinski definition) is 2. The summed E-state index contributed by atoms with van der Waals surface area (Å²) in [5.74, 6) is 1.03. The fourth-order valence-electron chi connectivity index (χ4n) is 4.35. The van der Waals surface area contributed by atoms with Gasteiger partial charge in [-0.1, -0.05) is 88.4 Å². The van der Waals surface area contributed by atoms with E-state index in [2.05, 4.69) is 41.5 Å². The number of benzene rings is 2. The van der Waals surface area contributed by atoms with Crippen LogP contribution in [0.15, 0.2) is 71.6 Å². The van der Waals surface area contributed by atoms with Gasteiger partial charge in [-0.25, -0.2) is 4.79 Å². The quantitative estimate of drug-likeness (QED) is 0.308. The predicted molar refractivity (Wildman–Crippen MR) is 161 cm³/mol. The molecule has 0 fully saturated rings. The number of rotatable bonds is 13. The molecule has 0 bridgehead atoms. The molecule has 7 nitrogen and oxygen atoms in total. The minimum Gasteiger partial charge on any atom is -0.445 e. The Morgan fingerprint density at radius 3 is 2.40 bits per heavy atom. The van der Waals surface area contributed by atoms with E-state index >= 15 is 0 Å². The summed E-state index contributed by atoms with van der Waals surface area (Å²) in [5, 5.41) is 5.63. The lowest BCUT2D eigenvalue weighted by Gasteiger charge is -2.25. The number of allylic oxidation sites excluding steroid dienone is 1. The second-order valence-corrected chi connectivity index (χ2v) is 12.1. The lowest BCUT2D eigenvalue weighted by Crippen LogP contribution is -2.52. The number of carbonyl (C=O) groups excluding carboxylic acids is 3.